The Morgan fingerprint density at radius 1 is 1.05 bits per heavy atom. The van der Waals surface area contributed by atoms with E-state index in [2.05, 4.69) is 67.5 Å². The van der Waals surface area contributed by atoms with Crippen molar-refractivity contribution < 1.29 is 0 Å². The Balaban J connectivity index is 1.60. The first-order valence-corrected chi connectivity index (χ1v) is 8.46. The number of hydrogen-bond donors (Lipinski definition) is 1. The van der Waals surface area contributed by atoms with Crippen LogP contribution in [-0.2, 0) is 0 Å². The summed E-state index contributed by atoms with van der Waals surface area (Å²) < 4.78 is 2.08. The Morgan fingerprint density at radius 3 is 2.38 bits per heavy atom. The van der Waals surface area contributed by atoms with E-state index in [1.165, 1.54) is 5.56 Å². The Morgan fingerprint density at radius 2 is 1.76 bits per heavy atom. The molecule has 4 heteroatoms. The van der Waals surface area contributed by atoms with Crippen LogP contribution in [0.3, 0.4) is 0 Å². The zero-order valence-corrected chi connectivity index (χ0v) is 14.5. The Labute approximate surface area is 141 Å². The molecule has 3 rings (SSSR count). The summed E-state index contributed by atoms with van der Waals surface area (Å²) in [4.78, 5) is 0. The summed E-state index contributed by atoms with van der Waals surface area (Å²) in [7, 11) is 0. The van der Waals surface area contributed by atoms with Crippen LogP contribution in [0.15, 0.2) is 51.4 Å². The molecule has 0 saturated heterocycles. The number of hydrogen-bond acceptors (Lipinski definition) is 2. The zero-order valence-electron chi connectivity index (χ0n) is 11.3. The van der Waals surface area contributed by atoms with Gasteiger partial charge in [0.1, 0.15) is 0 Å². The topological polar surface area (TPSA) is 35.8 Å². The third-order valence-corrected chi connectivity index (χ3v) is 5.12. The Hall–Kier alpha value is -1.31. The van der Waals surface area contributed by atoms with Crippen LogP contribution in [0.2, 0.25) is 0 Å². The quantitative estimate of drug-likeness (QED) is 0.737. The van der Waals surface area contributed by atoms with Crippen molar-refractivity contribution in [3.63, 3.8) is 0 Å². The highest BCUT2D eigenvalue weighted by molar-refractivity contribution is 9.10. The molecule has 0 atom stereocenters. The van der Waals surface area contributed by atoms with Crippen LogP contribution in [0.4, 0.5) is 5.69 Å². The van der Waals surface area contributed by atoms with E-state index in [-0.39, 0.29) is 0 Å². The number of anilines is 1. The molecule has 1 saturated carbocycles. The largest absolute Gasteiger partial charge is 0.381 e. The summed E-state index contributed by atoms with van der Waals surface area (Å²) in [5.41, 5.74) is 3.15. The van der Waals surface area contributed by atoms with Gasteiger partial charge in [-0.2, -0.15) is 5.26 Å². The van der Waals surface area contributed by atoms with E-state index in [1.54, 1.807) is 0 Å². The molecule has 1 fully saturated rings. The minimum atomic E-state index is 0.503. The molecule has 1 aliphatic carbocycles. The molecule has 21 heavy (non-hydrogen) atoms. The van der Waals surface area contributed by atoms with E-state index in [1.807, 2.05) is 18.2 Å². The van der Waals surface area contributed by atoms with E-state index in [4.69, 9.17) is 5.26 Å². The van der Waals surface area contributed by atoms with Crippen molar-refractivity contribution in [2.24, 2.45) is 0 Å². The highest BCUT2D eigenvalue weighted by Gasteiger charge is 2.30. The van der Waals surface area contributed by atoms with Gasteiger partial charge in [0.2, 0.25) is 0 Å². The third-order valence-electron chi connectivity index (χ3n) is 3.94. The number of halogens is 2. The van der Waals surface area contributed by atoms with Crippen molar-refractivity contribution in [1.82, 2.24) is 0 Å². The summed E-state index contributed by atoms with van der Waals surface area (Å²) in [6.45, 7) is 0. The fourth-order valence-corrected chi connectivity index (χ4v) is 3.42. The van der Waals surface area contributed by atoms with Crippen LogP contribution in [0.1, 0.15) is 29.9 Å². The first-order valence-electron chi connectivity index (χ1n) is 6.87. The van der Waals surface area contributed by atoms with Gasteiger partial charge in [0, 0.05) is 20.7 Å². The molecule has 0 amide bonds. The predicted molar refractivity (Wildman–Crippen MR) is 92.4 cm³/mol. The van der Waals surface area contributed by atoms with E-state index in [9.17, 15) is 0 Å². The fourth-order valence-electron chi connectivity index (χ4n) is 2.66. The van der Waals surface area contributed by atoms with Crippen LogP contribution in [-0.4, -0.2) is 6.04 Å². The van der Waals surface area contributed by atoms with Gasteiger partial charge >= 0.3 is 0 Å². The van der Waals surface area contributed by atoms with E-state index < -0.39 is 0 Å². The second-order valence-corrected chi connectivity index (χ2v) is 7.14. The summed E-state index contributed by atoms with van der Waals surface area (Å²) in [5.74, 6) is 0.646. The normalized spacial score (nSPS) is 20.4. The van der Waals surface area contributed by atoms with Crippen molar-refractivity contribution in [3.05, 3.63) is 62.5 Å². The molecule has 1 aliphatic rings. The lowest BCUT2D eigenvalue weighted by molar-refractivity contribution is 0.374. The van der Waals surface area contributed by atoms with Gasteiger partial charge in [0.25, 0.3) is 0 Å². The monoisotopic (exact) mass is 404 g/mol. The SMILES string of the molecule is N#Cc1ccc(NC2CC(c3ccc(Br)cc3)C2)c(Br)c1. The standard InChI is InChI=1S/C17H14Br2N2/c18-14-4-2-12(3-5-14)13-8-15(9-13)21-17-6-1-11(10-20)7-16(17)19/h1-7,13,15,21H,8-9H2. The average Bonchev–Trinajstić information content (AvgIpc) is 2.45. The van der Waals surface area contributed by atoms with Crippen LogP contribution in [0.25, 0.3) is 0 Å². The molecule has 2 nitrogen and oxygen atoms in total. The molecule has 1 N–H and O–H groups in total. The van der Waals surface area contributed by atoms with Crippen LogP contribution < -0.4 is 5.32 Å². The molecule has 0 aliphatic heterocycles. The third kappa shape index (κ3) is 3.30. The summed E-state index contributed by atoms with van der Waals surface area (Å²) >= 11 is 6.99. The minimum Gasteiger partial charge on any atom is -0.381 e. The molecule has 2 aromatic carbocycles. The maximum Gasteiger partial charge on any atom is 0.0992 e. The molecule has 106 valence electrons. The average molecular weight is 406 g/mol. The zero-order chi connectivity index (χ0) is 14.8. The molecule has 0 heterocycles. The highest BCUT2D eigenvalue weighted by atomic mass is 79.9. The van der Waals surface area contributed by atoms with Crippen LogP contribution in [0.5, 0.6) is 0 Å². The lowest BCUT2D eigenvalue weighted by Gasteiger charge is -2.37. The van der Waals surface area contributed by atoms with E-state index >= 15 is 0 Å². The summed E-state index contributed by atoms with van der Waals surface area (Å²) in [6, 6.07) is 16.9. The van der Waals surface area contributed by atoms with Gasteiger partial charge in [-0.25, -0.2) is 0 Å². The van der Waals surface area contributed by atoms with Crippen molar-refractivity contribution in [3.8, 4) is 6.07 Å². The molecule has 2 aromatic rings. The number of nitriles is 1. The summed E-state index contributed by atoms with van der Waals surface area (Å²) in [6.07, 6.45) is 2.29. The van der Waals surface area contributed by atoms with Gasteiger partial charge in [-0.15, -0.1) is 0 Å². The van der Waals surface area contributed by atoms with Gasteiger partial charge in [0.15, 0.2) is 0 Å². The Bertz CT molecular complexity index is 683. The number of nitrogens with one attached hydrogen (secondary N) is 1. The van der Waals surface area contributed by atoms with Gasteiger partial charge in [-0.05, 0) is 70.6 Å². The van der Waals surface area contributed by atoms with Gasteiger partial charge in [-0.3, -0.25) is 0 Å². The van der Waals surface area contributed by atoms with Gasteiger partial charge in [0.05, 0.1) is 11.6 Å². The summed E-state index contributed by atoms with van der Waals surface area (Å²) in [5, 5.41) is 12.4. The van der Waals surface area contributed by atoms with Gasteiger partial charge in [-0.1, -0.05) is 28.1 Å². The fraction of sp³-hybridized carbons (Fsp3) is 0.235. The molecular formula is C17H14Br2N2. The smallest absolute Gasteiger partial charge is 0.0992 e. The predicted octanol–water partition coefficient (Wildman–Crippen LogP) is 5.44. The minimum absolute atomic E-state index is 0.503. The molecule has 0 spiro atoms. The molecule has 0 unspecified atom stereocenters. The maximum absolute atomic E-state index is 8.88. The lowest BCUT2D eigenvalue weighted by atomic mass is 9.76. The second kappa shape index (κ2) is 6.21. The first-order chi connectivity index (χ1) is 10.2. The Kier molecular flexibility index (Phi) is 4.32. The maximum atomic E-state index is 8.88. The van der Waals surface area contributed by atoms with Crippen molar-refractivity contribution in [2.75, 3.05) is 5.32 Å². The molecule has 0 bridgehead atoms. The van der Waals surface area contributed by atoms with Crippen LogP contribution in [0, 0.1) is 11.3 Å². The number of rotatable bonds is 3. The van der Waals surface area contributed by atoms with Crippen LogP contribution >= 0.6 is 31.9 Å². The van der Waals surface area contributed by atoms with E-state index in [0.29, 0.717) is 17.5 Å². The van der Waals surface area contributed by atoms with E-state index in [0.717, 1.165) is 27.5 Å². The van der Waals surface area contributed by atoms with Crippen molar-refractivity contribution in [2.45, 2.75) is 24.8 Å². The lowest BCUT2D eigenvalue weighted by Crippen LogP contribution is -2.34. The highest BCUT2D eigenvalue weighted by Crippen LogP contribution is 2.39. The number of nitrogens with zero attached hydrogens (tertiary/aromatic N) is 1. The number of benzene rings is 2. The molecular weight excluding hydrogens is 392 g/mol. The van der Waals surface area contributed by atoms with Gasteiger partial charge < -0.3 is 5.32 Å². The first kappa shape index (κ1) is 14.6. The molecule has 0 radical (unpaired) electrons. The molecule has 0 aromatic heterocycles. The van der Waals surface area contributed by atoms with Crippen molar-refractivity contribution in [1.29, 1.82) is 5.26 Å². The van der Waals surface area contributed by atoms with Crippen molar-refractivity contribution >= 4 is 37.5 Å². The second-order valence-electron chi connectivity index (χ2n) is 5.37.